The van der Waals surface area contributed by atoms with Crippen molar-refractivity contribution in [1.82, 2.24) is 9.13 Å². The lowest BCUT2D eigenvalue weighted by Crippen LogP contribution is -2.37. The molecule has 0 aliphatic carbocycles. The average Bonchev–Trinajstić information content (AvgIpc) is 2.31. The lowest BCUT2D eigenvalue weighted by Gasteiger charge is -2.10. The summed E-state index contributed by atoms with van der Waals surface area (Å²) in [4.78, 5) is 23.9. The molecule has 2 aromatic rings. The summed E-state index contributed by atoms with van der Waals surface area (Å²) in [5.41, 5.74) is 0.469. The Morgan fingerprint density at radius 3 is 2.33 bits per heavy atom. The third-order valence-electron chi connectivity index (χ3n) is 2.78. The van der Waals surface area contributed by atoms with E-state index in [9.17, 15) is 14.7 Å². The van der Waals surface area contributed by atoms with Crippen molar-refractivity contribution < 1.29 is 5.11 Å². The van der Waals surface area contributed by atoms with E-state index in [0.29, 0.717) is 12.2 Å². The predicted octanol–water partition coefficient (Wildman–Crippen LogP) is 1.03. The minimum absolute atomic E-state index is 0.302. The van der Waals surface area contributed by atoms with Crippen molar-refractivity contribution in [2.24, 2.45) is 0 Å². The molecule has 0 spiro atoms. The van der Waals surface area contributed by atoms with Gasteiger partial charge in [0.1, 0.15) is 0 Å². The molecule has 1 heterocycles. The van der Waals surface area contributed by atoms with Gasteiger partial charge in [0.15, 0.2) is 0 Å². The Morgan fingerprint density at radius 2 is 1.78 bits per heavy atom. The van der Waals surface area contributed by atoms with Crippen LogP contribution in [0.3, 0.4) is 0 Å². The summed E-state index contributed by atoms with van der Waals surface area (Å²) >= 11 is 0. The normalized spacial score (nSPS) is 10.6. The second kappa shape index (κ2) is 4.52. The second-order valence-corrected chi connectivity index (χ2v) is 4.04. The zero-order valence-electron chi connectivity index (χ0n) is 10.3. The highest BCUT2D eigenvalue weighted by atomic mass is 16.3. The van der Waals surface area contributed by atoms with Crippen LogP contribution in [0.4, 0.5) is 0 Å². The van der Waals surface area contributed by atoms with Crippen molar-refractivity contribution in [1.29, 1.82) is 0 Å². The van der Waals surface area contributed by atoms with E-state index in [1.54, 1.807) is 19.1 Å². The number of aromatic nitrogens is 2. The predicted molar refractivity (Wildman–Crippen MR) is 68.4 cm³/mol. The summed E-state index contributed by atoms with van der Waals surface area (Å²) in [5.74, 6) is -0.309. The van der Waals surface area contributed by atoms with E-state index in [0.717, 1.165) is 20.8 Å². The number of hydrogen-bond acceptors (Lipinski definition) is 3. The van der Waals surface area contributed by atoms with Gasteiger partial charge in [0, 0.05) is 6.54 Å². The van der Waals surface area contributed by atoms with Gasteiger partial charge in [0.25, 0.3) is 5.56 Å². The van der Waals surface area contributed by atoms with Crippen LogP contribution in [0.25, 0.3) is 5.69 Å². The molecule has 0 unspecified atom stereocenters. The van der Waals surface area contributed by atoms with Crippen LogP contribution >= 0.6 is 0 Å². The van der Waals surface area contributed by atoms with Crippen molar-refractivity contribution in [3.05, 3.63) is 56.7 Å². The van der Waals surface area contributed by atoms with Gasteiger partial charge in [-0.2, -0.15) is 0 Å². The van der Waals surface area contributed by atoms with Crippen LogP contribution in [0, 0.1) is 6.92 Å². The van der Waals surface area contributed by atoms with Gasteiger partial charge in [-0.3, -0.25) is 9.36 Å². The van der Waals surface area contributed by atoms with Crippen molar-refractivity contribution in [2.75, 3.05) is 0 Å². The van der Waals surface area contributed by atoms with Crippen molar-refractivity contribution in [3.63, 3.8) is 0 Å². The average molecular weight is 246 g/mol. The van der Waals surface area contributed by atoms with Crippen molar-refractivity contribution >= 4 is 0 Å². The summed E-state index contributed by atoms with van der Waals surface area (Å²) < 4.78 is 2.18. The second-order valence-electron chi connectivity index (χ2n) is 4.04. The molecule has 0 radical (unpaired) electrons. The van der Waals surface area contributed by atoms with Crippen LogP contribution in [-0.4, -0.2) is 14.2 Å². The fourth-order valence-corrected chi connectivity index (χ4v) is 1.79. The molecule has 1 N–H and O–H groups in total. The first-order valence-corrected chi connectivity index (χ1v) is 5.67. The molecule has 94 valence electrons. The molecule has 2 rings (SSSR count). The number of aromatic hydroxyl groups is 1. The molecule has 0 fully saturated rings. The maximum atomic E-state index is 12.1. The summed E-state index contributed by atoms with van der Waals surface area (Å²) in [5, 5.41) is 9.54. The van der Waals surface area contributed by atoms with Crippen LogP contribution in [-0.2, 0) is 6.54 Å². The molecule has 0 atom stereocenters. The van der Waals surface area contributed by atoms with Gasteiger partial charge < -0.3 is 5.11 Å². The van der Waals surface area contributed by atoms with E-state index in [1.165, 1.54) is 0 Å². The van der Waals surface area contributed by atoms with Gasteiger partial charge >= 0.3 is 5.69 Å². The van der Waals surface area contributed by atoms with E-state index >= 15 is 0 Å². The topological polar surface area (TPSA) is 64.2 Å². The van der Waals surface area contributed by atoms with Crippen LogP contribution < -0.4 is 11.2 Å². The maximum Gasteiger partial charge on any atom is 0.338 e. The van der Waals surface area contributed by atoms with E-state index in [2.05, 4.69) is 0 Å². The molecule has 5 heteroatoms. The van der Waals surface area contributed by atoms with Crippen LogP contribution in [0.2, 0.25) is 0 Å². The molecule has 0 amide bonds. The quantitative estimate of drug-likeness (QED) is 0.860. The highest BCUT2D eigenvalue weighted by Crippen LogP contribution is 2.07. The smallest absolute Gasteiger partial charge is 0.338 e. The Hall–Kier alpha value is -2.30. The highest BCUT2D eigenvalue weighted by Gasteiger charge is 2.10. The standard InChI is InChI=1S/C13H14N2O3/c1-3-14-11(16)8-12(17)15(13(14)18)10-6-4-9(2)5-7-10/h4-8,16H,3H2,1-2H3. The fourth-order valence-electron chi connectivity index (χ4n) is 1.79. The molecular formula is C13H14N2O3. The van der Waals surface area contributed by atoms with E-state index in [-0.39, 0.29) is 5.88 Å². The number of nitrogens with zero attached hydrogens (tertiary/aromatic N) is 2. The SMILES string of the molecule is CCn1c(O)cc(=O)n(-c2ccc(C)cc2)c1=O. The zero-order valence-corrected chi connectivity index (χ0v) is 10.3. The van der Waals surface area contributed by atoms with Gasteiger partial charge in [-0.15, -0.1) is 0 Å². The molecule has 1 aromatic heterocycles. The molecule has 0 saturated heterocycles. The first-order chi connectivity index (χ1) is 8.54. The summed E-state index contributed by atoms with van der Waals surface area (Å²) in [7, 11) is 0. The van der Waals surface area contributed by atoms with Crippen molar-refractivity contribution in [2.45, 2.75) is 20.4 Å². The summed E-state index contributed by atoms with van der Waals surface area (Å²) in [6.45, 7) is 3.95. The fraction of sp³-hybridized carbons (Fsp3) is 0.231. The van der Waals surface area contributed by atoms with Crippen LogP contribution in [0.1, 0.15) is 12.5 Å². The number of hydrogen-bond donors (Lipinski definition) is 1. The minimum Gasteiger partial charge on any atom is -0.494 e. The van der Waals surface area contributed by atoms with Crippen LogP contribution in [0.15, 0.2) is 39.9 Å². The Balaban J connectivity index is 2.76. The van der Waals surface area contributed by atoms with E-state index < -0.39 is 11.2 Å². The first kappa shape index (κ1) is 12.2. The largest absolute Gasteiger partial charge is 0.494 e. The molecule has 1 aromatic carbocycles. The molecule has 0 saturated carbocycles. The first-order valence-electron chi connectivity index (χ1n) is 5.67. The number of aryl methyl sites for hydroxylation is 1. The summed E-state index contributed by atoms with van der Waals surface area (Å²) in [6, 6.07) is 8.10. The third kappa shape index (κ3) is 1.95. The Kier molecular flexibility index (Phi) is 3.06. The Bertz CT molecular complexity index is 681. The summed E-state index contributed by atoms with van der Waals surface area (Å²) in [6.07, 6.45) is 0. The Labute approximate surface area is 104 Å². The van der Waals surface area contributed by atoms with Gasteiger partial charge in [-0.25, -0.2) is 9.36 Å². The van der Waals surface area contributed by atoms with Crippen molar-refractivity contribution in [3.8, 4) is 11.6 Å². The number of benzene rings is 1. The van der Waals surface area contributed by atoms with E-state index in [4.69, 9.17) is 0 Å². The zero-order chi connectivity index (χ0) is 13.3. The van der Waals surface area contributed by atoms with Gasteiger partial charge in [0.05, 0.1) is 11.8 Å². The molecular weight excluding hydrogens is 232 g/mol. The maximum absolute atomic E-state index is 12.1. The van der Waals surface area contributed by atoms with Crippen LogP contribution in [0.5, 0.6) is 5.88 Å². The molecule has 0 bridgehead atoms. The minimum atomic E-state index is -0.536. The van der Waals surface area contributed by atoms with Gasteiger partial charge in [0.2, 0.25) is 5.88 Å². The highest BCUT2D eigenvalue weighted by molar-refractivity contribution is 5.34. The lowest BCUT2D eigenvalue weighted by molar-refractivity contribution is 0.402. The van der Waals surface area contributed by atoms with E-state index in [1.807, 2.05) is 19.1 Å². The molecule has 5 nitrogen and oxygen atoms in total. The molecule has 0 aliphatic heterocycles. The molecule has 0 aliphatic rings. The number of rotatable bonds is 2. The third-order valence-corrected chi connectivity index (χ3v) is 2.78. The Morgan fingerprint density at radius 1 is 1.17 bits per heavy atom. The van der Waals surface area contributed by atoms with Gasteiger partial charge in [-0.05, 0) is 26.0 Å². The monoisotopic (exact) mass is 246 g/mol. The molecule has 18 heavy (non-hydrogen) atoms. The lowest BCUT2D eigenvalue weighted by atomic mass is 10.2. The van der Waals surface area contributed by atoms with Gasteiger partial charge in [-0.1, -0.05) is 17.7 Å².